The fourth-order valence-electron chi connectivity index (χ4n) is 3.59. The predicted octanol–water partition coefficient (Wildman–Crippen LogP) is 2.90. The zero-order chi connectivity index (χ0) is 19.0. The molecule has 0 spiro atoms. The van der Waals surface area contributed by atoms with E-state index in [0.29, 0.717) is 35.9 Å². The molecule has 0 aliphatic carbocycles. The fraction of sp³-hybridized carbons (Fsp3) is 0.368. The van der Waals surface area contributed by atoms with Crippen LogP contribution < -0.4 is 18.9 Å². The summed E-state index contributed by atoms with van der Waals surface area (Å²) in [4.78, 5) is 13.3. The van der Waals surface area contributed by atoms with Crippen LogP contribution in [0.25, 0.3) is 0 Å². The highest BCUT2D eigenvalue weighted by Gasteiger charge is 2.26. The molecule has 27 heavy (non-hydrogen) atoms. The Morgan fingerprint density at radius 1 is 1.07 bits per heavy atom. The highest BCUT2D eigenvalue weighted by atomic mass is 16.7. The lowest BCUT2D eigenvalue weighted by Gasteiger charge is -2.29. The van der Waals surface area contributed by atoms with Gasteiger partial charge in [-0.15, -0.1) is 0 Å². The van der Waals surface area contributed by atoms with Gasteiger partial charge in [-0.2, -0.15) is 0 Å². The van der Waals surface area contributed by atoms with E-state index in [2.05, 4.69) is 4.90 Å². The second-order valence-electron chi connectivity index (χ2n) is 6.53. The Kier molecular flexibility index (Phi) is 4.49. The average molecular weight is 372 g/mol. The molecule has 0 amide bonds. The van der Waals surface area contributed by atoms with E-state index < -0.39 is 0 Å². The maximum atomic E-state index is 11.5. The van der Waals surface area contributed by atoms with E-state index in [-0.39, 0.29) is 17.4 Å². The van der Waals surface area contributed by atoms with Crippen molar-refractivity contribution in [1.29, 1.82) is 0 Å². The zero-order valence-electron chi connectivity index (χ0n) is 15.2. The van der Waals surface area contributed by atoms with Crippen LogP contribution in [0.3, 0.4) is 0 Å². The lowest BCUT2D eigenvalue weighted by atomic mass is 9.98. The number of nitro benzene ring substituents is 1. The van der Waals surface area contributed by atoms with Crippen LogP contribution in [0.4, 0.5) is 5.69 Å². The largest absolute Gasteiger partial charge is 0.493 e. The molecule has 0 unspecified atom stereocenters. The maximum Gasteiger partial charge on any atom is 0.277 e. The average Bonchev–Trinajstić information content (AvgIpc) is 3.13. The lowest BCUT2D eigenvalue weighted by molar-refractivity contribution is -0.385. The first-order chi connectivity index (χ1) is 13.1. The molecule has 0 fully saturated rings. The van der Waals surface area contributed by atoms with Crippen molar-refractivity contribution in [1.82, 2.24) is 4.90 Å². The summed E-state index contributed by atoms with van der Waals surface area (Å²) in [6.45, 7) is 2.03. The van der Waals surface area contributed by atoms with E-state index in [0.717, 1.165) is 24.3 Å². The summed E-state index contributed by atoms with van der Waals surface area (Å²) in [7, 11) is 3.24. The van der Waals surface area contributed by atoms with Gasteiger partial charge in [0.05, 0.1) is 25.2 Å². The molecule has 2 aliphatic heterocycles. The molecule has 2 heterocycles. The number of methoxy groups -OCH3 is 2. The number of hydrogen-bond donors (Lipinski definition) is 0. The number of ether oxygens (including phenoxy) is 4. The van der Waals surface area contributed by atoms with Gasteiger partial charge in [-0.3, -0.25) is 15.0 Å². The first-order valence-electron chi connectivity index (χ1n) is 8.62. The second-order valence-corrected chi connectivity index (χ2v) is 6.53. The Hall–Kier alpha value is -3.00. The highest BCUT2D eigenvalue weighted by molar-refractivity contribution is 5.55. The van der Waals surface area contributed by atoms with E-state index in [9.17, 15) is 10.1 Å². The molecule has 4 rings (SSSR count). The van der Waals surface area contributed by atoms with Crippen LogP contribution in [0, 0.1) is 10.1 Å². The standard InChI is InChI=1S/C19H20N2O6/c1-24-16-5-12-3-4-20(9-13(12)6-17(16)25-2)10-14-7-18-19(27-11-26-18)8-15(14)21(22)23/h5-8H,3-4,9-11H2,1-2H3. The molecule has 8 nitrogen and oxygen atoms in total. The van der Waals surface area contributed by atoms with Crippen molar-refractivity contribution in [3.05, 3.63) is 51.1 Å². The summed E-state index contributed by atoms with van der Waals surface area (Å²) >= 11 is 0. The highest BCUT2D eigenvalue weighted by Crippen LogP contribution is 2.39. The third kappa shape index (κ3) is 3.23. The van der Waals surface area contributed by atoms with Gasteiger partial charge in [0.15, 0.2) is 23.0 Å². The number of nitro groups is 1. The Morgan fingerprint density at radius 2 is 1.74 bits per heavy atom. The van der Waals surface area contributed by atoms with Gasteiger partial charge < -0.3 is 18.9 Å². The number of benzene rings is 2. The minimum absolute atomic E-state index is 0.0531. The van der Waals surface area contributed by atoms with Crippen LogP contribution >= 0.6 is 0 Å². The van der Waals surface area contributed by atoms with Crippen molar-refractivity contribution in [2.75, 3.05) is 27.6 Å². The first kappa shape index (κ1) is 17.4. The van der Waals surface area contributed by atoms with Crippen molar-refractivity contribution in [2.45, 2.75) is 19.5 Å². The van der Waals surface area contributed by atoms with Crippen molar-refractivity contribution < 1.29 is 23.9 Å². The van der Waals surface area contributed by atoms with Crippen LogP contribution in [0.1, 0.15) is 16.7 Å². The van der Waals surface area contributed by atoms with Gasteiger partial charge in [0.2, 0.25) is 6.79 Å². The molecule has 2 aromatic carbocycles. The minimum Gasteiger partial charge on any atom is -0.493 e. The quantitative estimate of drug-likeness (QED) is 0.589. The van der Waals surface area contributed by atoms with Crippen molar-refractivity contribution in [3.63, 3.8) is 0 Å². The number of rotatable bonds is 5. The summed E-state index contributed by atoms with van der Waals surface area (Å²) in [6.07, 6.45) is 0.841. The summed E-state index contributed by atoms with van der Waals surface area (Å²) in [5.74, 6) is 2.38. The molecule has 0 bridgehead atoms. The smallest absolute Gasteiger partial charge is 0.277 e. The molecule has 8 heteroatoms. The molecule has 2 aromatic rings. The summed E-state index contributed by atoms with van der Waals surface area (Å²) in [5, 5.41) is 11.5. The van der Waals surface area contributed by atoms with Crippen LogP contribution in [-0.2, 0) is 19.5 Å². The SMILES string of the molecule is COc1cc2c(cc1OC)CN(Cc1cc3c(cc1[N+](=O)[O-])OCO3)CC2. The van der Waals surface area contributed by atoms with Crippen LogP contribution in [0.5, 0.6) is 23.0 Å². The Balaban J connectivity index is 1.59. The lowest BCUT2D eigenvalue weighted by Crippen LogP contribution is -2.30. The Morgan fingerprint density at radius 3 is 2.41 bits per heavy atom. The molecular weight excluding hydrogens is 352 g/mol. The van der Waals surface area contributed by atoms with Gasteiger partial charge in [-0.05, 0) is 35.7 Å². The van der Waals surface area contributed by atoms with Crippen molar-refractivity contribution >= 4 is 5.69 Å². The van der Waals surface area contributed by atoms with E-state index in [1.165, 1.54) is 11.6 Å². The third-order valence-corrected chi connectivity index (χ3v) is 4.96. The molecule has 142 valence electrons. The van der Waals surface area contributed by atoms with Gasteiger partial charge >= 0.3 is 0 Å². The summed E-state index contributed by atoms with van der Waals surface area (Å²) in [6, 6.07) is 7.15. The number of nitrogens with zero attached hydrogens (tertiary/aromatic N) is 2. The molecule has 2 aliphatic rings. The maximum absolute atomic E-state index is 11.5. The minimum atomic E-state index is -0.372. The molecule has 0 aromatic heterocycles. The number of fused-ring (bicyclic) bond motifs is 2. The van der Waals surface area contributed by atoms with Gasteiger partial charge in [-0.1, -0.05) is 0 Å². The summed E-state index contributed by atoms with van der Waals surface area (Å²) in [5.41, 5.74) is 3.02. The van der Waals surface area contributed by atoms with Gasteiger partial charge in [0.25, 0.3) is 5.69 Å². The van der Waals surface area contributed by atoms with Crippen molar-refractivity contribution in [2.24, 2.45) is 0 Å². The molecule has 0 saturated carbocycles. The zero-order valence-corrected chi connectivity index (χ0v) is 15.2. The van der Waals surface area contributed by atoms with Crippen molar-refractivity contribution in [3.8, 4) is 23.0 Å². The fourth-order valence-corrected chi connectivity index (χ4v) is 3.59. The Bertz CT molecular complexity index is 898. The predicted molar refractivity (Wildman–Crippen MR) is 96.6 cm³/mol. The van der Waals surface area contributed by atoms with Gasteiger partial charge in [-0.25, -0.2) is 0 Å². The topological polar surface area (TPSA) is 83.3 Å². The van der Waals surface area contributed by atoms with E-state index in [4.69, 9.17) is 18.9 Å². The third-order valence-electron chi connectivity index (χ3n) is 4.96. The molecule has 0 N–H and O–H groups in total. The van der Waals surface area contributed by atoms with Crippen LogP contribution in [0.15, 0.2) is 24.3 Å². The molecular formula is C19H20N2O6. The molecule has 0 saturated heterocycles. The monoisotopic (exact) mass is 372 g/mol. The first-order valence-corrected chi connectivity index (χ1v) is 8.62. The summed E-state index contributed by atoms with van der Waals surface area (Å²) < 4.78 is 21.4. The Labute approximate surface area is 156 Å². The van der Waals surface area contributed by atoms with Gasteiger partial charge in [0, 0.05) is 25.2 Å². The normalized spacial score (nSPS) is 15.3. The molecule has 0 radical (unpaired) electrons. The van der Waals surface area contributed by atoms with Crippen LogP contribution in [-0.4, -0.2) is 37.4 Å². The number of hydrogen-bond acceptors (Lipinski definition) is 7. The van der Waals surface area contributed by atoms with Gasteiger partial charge in [0.1, 0.15) is 0 Å². The second kappa shape index (κ2) is 6.96. The molecule has 0 atom stereocenters. The van der Waals surface area contributed by atoms with E-state index >= 15 is 0 Å². The van der Waals surface area contributed by atoms with E-state index in [1.54, 1.807) is 20.3 Å². The van der Waals surface area contributed by atoms with E-state index in [1.807, 2.05) is 12.1 Å². The van der Waals surface area contributed by atoms with Crippen LogP contribution in [0.2, 0.25) is 0 Å².